The third-order valence-corrected chi connectivity index (χ3v) is 8.27. The van der Waals surface area contributed by atoms with Crippen molar-refractivity contribution in [3.05, 3.63) is 24.2 Å². The SMILES string of the molecule is CC(C)(C)OC(=O)CC(CCCC1CCCCC1)c1nc(-c2ccc(N3CC(N4CCOCC4)C3)nc2)no1. The highest BCUT2D eigenvalue weighted by Crippen LogP contribution is 2.32. The van der Waals surface area contributed by atoms with E-state index >= 15 is 0 Å². The molecule has 0 N–H and O–H groups in total. The molecule has 39 heavy (non-hydrogen) atoms. The molecule has 1 aliphatic carbocycles. The van der Waals surface area contributed by atoms with Crippen molar-refractivity contribution in [2.24, 2.45) is 5.92 Å². The molecule has 0 radical (unpaired) electrons. The van der Waals surface area contributed by atoms with Crippen LogP contribution in [0.1, 0.15) is 90.4 Å². The second-order valence-electron chi connectivity index (χ2n) is 12.5. The number of anilines is 1. The molecule has 3 fully saturated rings. The molecule has 2 aromatic heterocycles. The van der Waals surface area contributed by atoms with Gasteiger partial charge in [-0.3, -0.25) is 9.69 Å². The number of hydrogen-bond donors (Lipinski definition) is 0. The van der Waals surface area contributed by atoms with E-state index < -0.39 is 5.60 Å². The molecule has 4 heterocycles. The number of carbonyl (C=O) groups excluding carboxylic acids is 1. The van der Waals surface area contributed by atoms with Crippen molar-refractivity contribution >= 4 is 11.8 Å². The molecule has 1 unspecified atom stereocenters. The van der Waals surface area contributed by atoms with Gasteiger partial charge in [-0.25, -0.2) is 4.98 Å². The highest BCUT2D eigenvalue weighted by molar-refractivity contribution is 5.70. The van der Waals surface area contributed by atoms with E-state index in [0.717, 1.165) is 69.5 Å². The third kappa shape index (κ3) is 7.78. The number of hydrogen-bond acceptors (Lipinski definition) is 9. The Labute approximate surface area is 232 Å². The van der Waals surface area contributed by atoms with E-state index in [9.17, 15) is 4.79 Å². The average Bonchev–Trinajstić information content (AvgIpc) is 3.38. The average molecular weight is 540 g/mol. The Kier molecular flexibility index (Phi) is 9.17. The van der Waals surface area contributed by atoms with Crippen LogP contribution in [0.15, 0.2) is 22.9 Å². The lowest BCUT2D eigenvalue weighted by Crippen LogP contribution is -2.61. The Morgan fingerprint density at radius 3 is 2.59 bits per heavy atom. The van der Waals surface area contributed by atoms with Gasteiger partial charge in [-0.05, 0) is 45.2 Å². The van der Waals surface area contributed by atoms with Gasteiger partial charge in [-0.15, -0.1) is 0 Å². The zero-order valence-electron chi connectivity index (χ0n) is 23.9. The van der Waals surface area contributed by atoms with Crippen LogP contribution in [0, 0.1) is 5.92 Å². The first-order chi connectivity index (χ1) is 18.8. The number of carbonyl (C=O) groups is 1. The lowest BCUT2D eigenvalue weighted by atomic mass is 9.84. The van der Waals surface area contributed by atoms with E-state index in [2.05, 4.69) is 19.9 Å². The van der Waals surface area contributed by atoms with Crippen LogP contribution in [0.5, 0.6) is 0 Å². The quantitative estimate of drug-likeness (QED) is 0.377. The van der Waals surface area contributed by atoms with Gasteiger partial charge in [0.2, 0.25) is 11.7 Å². The van der Waals surface area contributed by atoms with Crippen LogP contribution in [-0.2, 0) is 14.3 Å². The van der Waals surface area contributed by atoms with E-state index in [0.29, 0.717) is 17.8 Å². The van der Waals surface area contributed by atoms with Gasteiger partial charge in [-0.2, -0.15) is 4.98 Å². The summed E-state index contributed by atoms with van der Waals surface area (Å²) < 4.78 is 16.8. The summed E-state index contributed by atoms with van der Waals surface area (Å²) >= 11 is 0. The van der Waals surface area contributed by atoms with Crippen LogP contribution in [0.4, 0.5) is 5.82 Å². The number of esters is 1. The zero-order chi connectivity index (χ0) is 27.2. The van der Waals surface area contributed by atoms with Crippen molar-refractivity contribution in [1.82, 2.24) is 20.0 Å². The van der Waals surface area contributed by atoms with E-state index in [1.807, 2.05) is 39.1 Å². The number of rotatable bonds is 10. The molecule has 9 nitrogen and oxygen atoms in total. The van der Waals surface area contributed by atoms with Gasteiger partial charge in [0.15, 0.2) is 0 Å². The molecule has 3 aliphatic rings. The highest BCUT2D eigenvalue weighted by atomic mass is 16.6. The minimum atomic E-state index is -0.518. The molecule has 5 rings (SSSR count). The van der Waals surface area contributed by atoms with Gasteiger partial charge in [0.25, 0.3) is 0 Å². The van der Waals surface area contributed by atoms with E-state index in [4.69, 9.17) is 19.0 Å². The minimum Gasteiger partial charge on any atom is -0.460 e. The number of ether oxygens (including phenoxy) is 2. The van der Waals surface area contributed by atoms with Crippen LogP contribution < -0.4 is 4.90 Å². The molecule has 0 bridgehead atoms. The van der Waals surface area contributed by atoms with Crippen molar-refractivity contribution in [3.63, 3.8) is 0 Å². The maximum atomic E-state index is 12.7. The number of nitrogens with zero attached hydrogens (tertiary/aromatic N) is 5. The molecule has 2 aromatic rings. The highest BCUT2D eigenvalue weighted by Gasteiger charge is 2.33. The summed E-state index contributed by atoms with van der Waals surface area (Å²) in [6.07, 6.45) is 11.9. The summed E-state index contributed by atoms with van der Waals surface area (Å²) in [7, 11) is 0. The fraction of sp³-hybridized carbons (Fsp3) is 0.733. The van der Waals surface area contributed by atoms with Crippen LogP contribution >= 0.6 is 0 Å². The summed E-state index contributed by atoms with van der Waals surface area (Å²) in [6, 6.07) is 4.61. The van der Waals surface area contributed by atoms with Gasteiger partial charge in [0.05, 0.1) is 19.6 Å². The smallest absolute Gasteiger partial charge is 0.307 e. The first-order valence-corrected chi connectivity index (χ1v) is 14.9. The number of morpholine rings is 1. The normalized spacial score (nSPS) is 20.5. The van der Waals surface area contributed by atoms with E-state index in [1.54, 1.807) is 0 Å². The summed E-state index contributed by atoms with van der Waals surface area (Å²) in [5.74, 6) is 2.44. The van der Waals surface area contributed by atoms with Crippen LogP contribution in [0.3, 0.4) is 0 Å². The first-order valence-electron chi connectivity index (χ1n) is 14.9. The second kappa shape index (κ2) is 12.8. The Morgan fingerprint density at radius 2 is 1.90 bits per heavy atom. The van der Waals surface area contributed by atoms with Crippen LogP contribution in [0.25, 0.3) is 11.4 Å². The van der Waals surface area contributed by atoms with Crippen molar-refractivity contribution in [2.75, 3.05) is 44.3 Å². The predicted molar refractivity (Wildman–Crippen MR) is 150 cm³/mol. The lowest BCUT2D eigenvalue weighted by molar-refractivity contribution is -0.155. The van der Waals surface area contributed by atoms with E-state index in [1.165, 1.54) is 38.5 Å². The third-order valence-electron chi connectivity index (χ3n) is 8.27. The van der Waals surface area contributed by atoms with Crippen molar-refractivity contribution in [1.29, 1.82) is 0 Å². The molecule has 0 aromatic carbocycles. The molecule has 2 aliphatic heterocycles. The molecular formula is C30H45N5O4. The molecule has 1 saturated carbocycles. The topological polar surface area (TPSA) is 93.8 Å². The predicted octanol–water partition coefficient (Wildman–Crippen LogP) is 5.22. The molecule has 214 valence electrons. The molecule has 2 saturated heterocycles. The van der Waals surface area contributed by atoms with E-state index in [-0.39, 0.29) is 18.3 Å². The molecule has 0 spiro atoms. The fourth-order valence-corrected chi connectivity index (χ4v) is 6.07. The Balaban J connectivity index is 1.19. The maximum absolute atomic E-state index is 12.7. The van der Waals surface area contributed by atoms with Crippen molar-refractivity contribution in [3.8, 4) is 11.4 Å². The summed E-state index contributed by atoms with van der Waals surface area (Å²) in [5.41, 5.74) is 0.299. The maximum Gasteiger partial charge on any atom is 0.307 e. The second-order valence-corrected chi connectivity index (χ2v) is 12.5. The minimum absolute atomic E-state index is 0.143. The van der Waals surface area contributed by atoms with Crippen LogP contribution in [-0.4, -0.2) is 77.0 Å². The van der Waals surface area contributed by atoms with Gasteiger partial charge >= 0.3 is 5.97 Å². The Bertz CT molecular complexity index is 1050. The number of aromatic nitrogens is 3. The van der Waals surface area contributed by atoms with Crippen molar-refractivity contribution < 1.29 is 18.8 Å². The van der Waals surface area contributed by atoms with Crippen LogP contribution in [0.2, 0.25) is 0 Å². The summed E-state index contributed by atoms with van der Waals surface area (Å²) in [6.45, 7) is 11.4. The zero-order valence-corrected chi connectivity index (χ0v) is 23.9. The molecule has 9 heteroatoms. The summed E-state index contributed by atoms with van der Waals surface area (Å²) in [5, 5.41) is 4.26. The van der Waals surface area contributed by atoms with Gasteiger partial charge in [0.1, 0.15) is 11.4 Å². The first kappa shape index (κ1) is 28.0. The van der Waals surface area contributed by atoms with Gasteiger partial charge < -0.3 is 18.9 Å². The van der Waals surface area contributed by atoms with Crippen molar-refractivity contribution in [2.45, 2.75) is 96.1 Å². The summed E-state index contributed by atoms with van der Waals surface area (Å²) in [4.78, 5) is 26.9. The monoisotopic (exact) mass is 539 g/mol. The number of pyridine rings is 1. The van der Waals surface area contributed by atoms with Gasteiger partial charge in [-0.1, -0.05) is 50.1 Å². The lowest BCUT2D eigenvalue weighted by Gasteiger charge is -2.47. The Hall–Kier alpha value is -2.52. The largest absolute Gasteiger partial charge is 0.460 e. The molecule has 0 amide bonds. The van der Waals surface area contributed by atoms with Gasteiger partial charge in [0, 0.05) is 49.9 Å². The standard InChI is InChI=1S/C30H45N5O4/c1-30(2,3)38-27(36)18-23(11-7-10-22-8-5-4-6-9-22)29-32-28(33-39-29)24-12-13-26(31-19-24)35-20-25(21-35)34-14-16-37-17-15-34/h12-13,19,22-23,25H,4-11,14-18,20-21H2,1-3H3. The molecular weight excluding hydrogens is 494 g/mol. The molecule has 1 atom stereocenters. The Morgan fingerprint density at radius 1 is 1.13 bits per heavy atom. The fourth-order valence-electron chi connectivity index (χ4n) is 6.07.